The van der Waals surface area contributed by atoms with Gasteiger partial charge in [-0.3, -0.25) is 4.98 Å². The number of anilines is 1. The van der Waals surface area contributed by atoms with Gasteiger partial charge >= 0.3 is 0 Å². The Kier molecular flexibility index (Phi) is 3.62. The van der Waals surface area contributed by atoms with Gasteiger partial charge in [-0.05, 0) is 37.1 Å². The largest absolute Gasteiger partial charge is 0.365 e. The van der Waals surface area contributed by atoms with Crippen LogP contribution in [0.25, 0.3) is 10.9 Å². The van der Waals surface area contributed by atoms with E-state index in [0.717, 1.165) is 18.6 Å². The minimum atomic E-state index is 0.510. The number of pyridine rings is 1. The maximum atomic E-state index is 4.47. The SMILES string of the molecule is CC(C)C1CN(c2cccc3ncccc23)C(C)CN1. The molecule has 0 saturated carbocycles. The van der Waals surface area contributed by atoms with E-state index in [-0.39, 0.29) is 0 Å². The Morgan fingerprint density at radius 3 is 2.90 bits per heavy atom. The zero-order chi connectivity index (χ0) is 14.1. The lowest BCUT2D eigenvalue weighted by atomic mass is 9.98. The summed E-state index contributed by atoms with van der Waals surface area (Å²) >= 11 is 0. The average molecular weight is 269 g/mol. The van der Waals surface area contributed by atoms with Crippen LogP contribution in [0.4, 0.5) is 5.69 Å². The second-order valence-electron chi connectivity index (χ2n) is 6.11. The number of aromatic nitrogens is 1. The molecule has 1 N–H and O–H groups in total. The van der Waals surface area contributed by atoms with Gasteiger partial charge in [-0.25, -0.2) is 0 Å². The third-order valence-corrected chi connectivity index (χ3v) is 4.34. The number of nitrogens with one attached hydrogen (secondary N) is 1. The lowest BCUT2D eigenvalue weighted by Gasteiger charge is -2.42. The van der Waals surface area contributed by atoms with Gasteiger partial charge in [0, 0.05) is 42.4 Å². The second-order valence-corrected chi connectivity index (χ2v) is 6.11. The molecule has 0 radical (unpaired) electrons. The minimum absolute atomic E-state index is 0.510. The number of hydrogen-bond donors (Lipinski definition) is 1. The normalized spacial score (nSPS) is 23.5. The Morgan fingerprint density at radius 2 is 2.10 bits per heavy atom. The summed E-state index contributed by atoms with van der Waals surface area (Å²) in [4.78, 5) is 7.01. The number of benzene rings is 1. The Morgan fingerprint density at radius 1 is 1.25 bits per heavy atom. The van der Waals surface area contributed by atoms with Crippen LogP contribution in [0.1, 0.15) is 20.8 Å². The first-order valence-electron chi connectivity index (χ1n) is 7.50. The third-order valence-electron chi connectivity index (χ3n) is 4.34. The van der Waals surface area contributed by atoms with Crippen LogP contribution in [0, 0.1) is 5.92 Å². The maximum absolute atomic E-state index is 4.47. The van der Waals surface area contributed by atoms with Gasteiger partial charge in [-0.1, -0.05) is 19.9 Å². The van der Waals surface area contributed by atoms with Crippen molar-refractivity contribution in [3.8, 4) is 0 Å². The monoisotopic (exact) mass is 269 g/mol. The first-order chi connectivity index (χ1) is 9.66. The summed E-state index contributed by atoms with van der Waals surface area (Å²) in [5.41, 5.74) is 2.40. The van der Waals surface area contributed by atoms with Crippen LogP contribution in [0.3, 0.4) is 0 Å². The molecule has 106 valence electrons. The molecule has 2 aromatic rings. The zero-order valence-electron chi connectivity index (χ0n) is 12.5. The smallest absolute Gasteiger partial charge is 0.0722 e. The molecular weight excluding hydrogens is 246 g/mol. The number of nitrogens with zero attached hydrogens (tertiary/aromatic N) is 2. The van der Waals surface area contributed by atoms with E-state index in [4.69, 9.17) is 0 Å². The molecule has 0 amide bonds. The first kappa shape index (κ1) is 13.4. The average Bonchev–Trinajstić information content (AvgIpc) is 2.47. The molecule has 0 spiro atoms. The van der Waals surface area contributed by atoms with Crippen molar-refractivity contribution in [1.82, 2.24) is 10.3 Å². The Labute approximate surface area is 121 Å². The van der Waals surface area contributed by atoms with Crippen molar-refractivity contribution < 1.29 is 0 Å². The van der Waals surface area contributed by atoms with Crippen LogP contribution < -0.4 is 10.2 Å². The molecule has 20 heavy (non-hydrogen) atoms. The van der Waals surface area contributed by atoms with Gasteiger partial charge in [-0.2, -0.15) is 0 Å². The van der Waals surface area contributed by atoms with E-state index in [0.29, 0.717) is 18.0 Å². The van der Waals surface area contributed by atoms with E-state index in [2.05, 4.69) is 60.2 Å². The number of piperazine rings is 1. The van der Waals surface area contributed by atoms with Gasteiger partial charge in [0.25, 0.3) is 0 Å². The van der Waals surface area contributed by atoms with Crippen molar-refractivity contribution in [3.05, 3.63) is 36.5 Å². The lowest BCUT2D eigenvalue weighted by Crippen LogP contribution is -2.57. The second kappa shape index (κ2) is 5.41. The fourth-order valence-corrected chi connectivity index (χ4v) is 3.01. The molecule has 1 aromatic heterocycles. The quantitative estimate of drug-likeness (QED) is 0.908. The van der Waals surface area contributed by atoms with Crippen LogP contribution >= 0.6 is 0 Å². The van der Waals surface area contributed by atoms with E-state index in [1.54, 1.807) is 0 Å². The summed E-state index contributed by atoms with van der Waals surface area (Å²) < 4.78 is 0. The fraction of sp³-hybridized carbons (Fsp3) is 0.471. The van der Waals surface area contributed by atoms with Gasteiger partial charge in [-0.15, -0.1) is 0 Å². The molecule has 3 rings (SSSR count). The van der Waals surface area contributed by atoms with E-state index in [1.807, 2.05) is 12.3 Å². The molecule has 2 atom stereocenters. The van der Waals surface area contributed by atoms with Crippen LogP contribution in [0.2, 0.25) is 0 Å². The Balaban J connectivity index is 2.00. The third kappa shape index (κ3) is 2.38. The lowest BCUT2D eigenvalue weighted by molar-refractivity contribution is 0.337. The van der Waals surface area contributed by atoms with Crippen molar-refractivity contribution in [1.29, 1.82) is 0 Å². The predicted octanol–water partition coefficient (Wildman–Crippen LogP) is 3.06. The molecule has 1 fully saturated rings. The van der Waals surface area contributed by atoms with E-state index >= 15 is 0 Å². The molecule has 2 unspecified atom stereocenters. The topological polar surface area (TPSA) is 28.2 Å². The Hall–Kier alpha value is -1.61. The predicted molar refractivity (Wildman–Crippen MR) is 85.2 cm³/mol. The fourth-order valence-electron chi connectivity index (χ4n) is 3.01. The Bertz CT molecular complexity index is 588. The van der Waals surface area contributed by atoms with Crippen LogP contribution in [0.5, 0.6) is 0 Å². The van der Waals surface area contributed by atoms with Gasteiger partial charge in [0.1, 0.15) is 0 Å². The molecule has 1 aromatic carbocycles. The molecule has 3 nitrogen and oxygen atoms in total. The standard InChI is InChI=1S/C17H23N3/c1-12(2)16-11-20(13(3)10-19-16)17-8-4-7-15-14(17)6-5-9-18-15/h4-9,12-13,16,19H,10-11H2,1-3H3. The number of hydrogen-bond acceptors (Lipinski definition) is 3. The minimum Gasteiger partial charge on any atom is -0.365 e. The summed E-state index contributed by atoms with van der Waals surface area (Å²) in [6.07, 6.45) is 1.87. The molecule has 1 aliphatic heterocycles. The van der Waals surface area contributed by atoms with Gasteiger partial charge in [0.15, 0.2) is 0 Å². The van der Waals surface area contributed by atoms with Gasteiger partial charge < -0.3 is 10.2 Å². The zero-order valence-corrected chi connectivity index (χ0v) is 12.5. The van der Waals surface area contributed by atoms with Gasteiger partial charge in [0.2, 0.25) is 0 Å². The molecule has 3 heteroatoms. The molecule has 2 heterocycles. The van der Waals surface area contributed by atoms with E-state index < -0.39 is 0 Å². The summed E-state index contributed by atoms with van der Waals surface area (Å²) in [7, 11) is 0. The van der Waals surface area contributed by atoms with Crippen molar-refractivity contribution in [3.63, 3.8) is 0 Å². The van der Waals surface area contributed by atoms with Crippen LogP contribution in [0.15, 0.2) is 36.5 Å². The van der Waals surface area contributed by atoms with Crippen LogP contribution in [-0.2, 0) is 0 Å². The molecule has 0 aliphatic carbocycles. The van der Waals surface area contributed by atoms with Crippen molar-refractivity contribution >= 4 is 16.6 Å². The van der Waals surface area contributed by atoms with E-state index in [1.165, 1.54) is 11.1 Å². The summed E-state index contributed by atoms with van der Waals surface area (Å²) in [5, 5.41) is 4.91. The maximum Gasteiger partial charge on any atom is 0.0722 e. The highest BCUT2D eigenvalue weighted by Gasteiger charge is 2.27. The first-order valence-corrected chi connectivity index (χ1v) is 7.50. The summed E-state index contributed by atoms with van der Waals surface area (Å²) in [6, 6.07) is 11.7. The number of rotatable bonds is 2. The molecule has 1 aliphatic rings. The van der Waals surface area contributed by atoms with Crippen molar-refractivity contribution in [2.75, 3.05) is 18.0 Å². The van der Waals surface area contributed by atoms with Gasteiger partial charge in [0.05, 0.1) is 5.52 Å². The van der Waals surface area contributed by atoms with E-state index in [9.17, 15) is 0 Å². The number of fused-ring (bicyclic) bond motifs is 1. The van der Waals surface area contributed by atoms with Crippen molar-refractivity contribution in [2.45, 2.75) is 32.9 Å². The highest BCUT2D eigenvalue weighted by molar-refractivity contribution is 5.91. The molecule has 0 bridgehead atoms. The summed E-state index contributed by atoms with van der Waals surface area (Å²) in [6.45, 7) is 8.97. The molecule has 1 saturated heterocycles. The molecular formula is C17H23N3. The van der Waals surface area contributed by atoms with Crippen molar-refractivity contribution in [2.24, 2.45) is 5.92 Å². The highest BCUT2D eigenvalue weighted by atomic mass is 15.2. The van der Waals surface area contributed by atoms with Crippen LogP contribution in [-0.4, -0.2) is 30.2 Å². The summed E-state index contributed by atoms with van der Waals surface area (Å²) in [5.74, 6) is 0.651. The highest BCUT2D eigenvalue weighted by Crippen LogP contribution is 2.29.